The average Bonchev–Trinajstić information content (AvgIpc) is 3.68. The molecule has 1 aliphatic heterocycles. The van der Waals surface area contributed by atoms with E-state index in [4.69, 9.17) is 18.9 Å². The number of aromatic amines is 1. The molecule has 1 amide bonds. The van der Waals surface area contributed by atoms with E-state index < -0.39 is 48.4 Å². The van der Waals surface area contributed by atoms with Crippen LogP contribution in [0.1, 0.15) is 73.8 Å². The van der Waals surface area contributed by atoms with Crippen LogP contribution in [0.2, 0.25) is 0 Å². The molecule has 314 valence electrons. The number of methoxy groups -OCH3 is 2. The minimum Gasteiger partial charge on any atom is -0.497 e. The van der Waals surface area contributed by atoms with Gasteiger partial charge in [0.2, 0.25) is 0 Å². The number of hydrogen-bond donors (Lipinski definition) is 2. The van der Waals surface area contributed by atoms with Gasteiger partial charge in [0, 0.05) is 48.6 Å². The van der Waals surface area contributed by atoms with Crippen molar-refractivity contribution in [2.75, 3.05) is 32.7 Å². The van der Waals surface area contributed by atoms with E-state index in [9.17, 15) is 19.6 Å². The topological polar surface area (TPSA) is 165 Å². The first-order chi connectivity index (χ1) is 28.9. The fourth-order valence-corrected chi connectivity index (χ4v) is 11.6. The molecule has 5 aromatic rings. The van der Waals surface area contributed by atoms with Crippen molar-refractivity contribution in [3.05, 3.63) is 158 Å². The molecule has 14 heteroatoms. The van der Waals surface area contributed by atoms with Crippen molar-refractivity contribution in [2.45, 2.75) is 75.8 Å². The van der Waals surface area contributed by atoms with Gasteiger partial charge in [-0.05, 0) is 53.1 Å². The number of benzene rings is 4. The second-order valence-corrected chi connectivity index (χ2v) is 19.1. The fourth-order valence-electron chi connectivity index (χ4n) is 8.12. The molecule has 4 aromatic carbocycles. The van der Waals surface area contributed by atoms with E-state index in [1.54, 1.807) is 44.6 Å². The Labute approximate surface area is 350 Å². The monoisotopic (exact) mass is 833 g/mol. The summed E-state index contributed by atoms with van der Waals surface area (Å²) in [6.45, 7) is 7.75. The lowest BCUT2D eigenvalue weighted by Gasteiger charge is -2.43. The van der Waals surface area contributed by atoms with Gasteiger partial charge in [-0.3, -0.25) is 19.1 Å². The predicted octanol–water partition coefficient (Wildman–Crippen LogP) is 7.78. The quantitative estimate of drug-likeness (QED) is 0.0698. The van der Waals surface area contributed by atoms with Gasteiger partial charge < -0.3 is 28.8 Å². The van der Waals surface area contributed by atoms with Crippen LogP contribution in [0, 0.1) is 11.3 Å². The average molecular weight is 834 g/mol. The number of nitriles is 1. The second-order valence-electron chi connectivity index (χ2n) is 15.2. The third kappa shape index (κ3) is 8.88. The van der Waals surface area contributed by atoms with Crippen LogP contribution in [0.25, 0.3) is 0 Å². The molecule has 60 heavy (non-hydrogen) atoms. The molecule has 6 rings (SSSR count). The van der Waals surface area contributed by atoms with E-state index >= 15 is 4.57 Å². The van der Waals surface area contributed by atoms with Gasteiger partial charge in [-0.2, -0.15) is 5.26 Å². The Kier molecular flexibility index (Phi) is 13.9. The number of nitrogens with zero attached hydrogens (tertiary/aromatic N) is 3. The van der Waals surface area contributed by atoms with Crippen molar-refractivity contribution < 1.29 is 28.3 Å². The zero-order valence-corrected chi connectivity index (χ0v) is 35.6. The maximum Gasteiger partial charge on any atom is 0.330 e. The van der Waals surface area contributed by atoms with Gasteiger partial charge in [-0.25, -0.2) is 9.46 Å². The van der Waals surface area contributed by atoms with Crippen molar-refractivity contribution >= 4 is 18.9 Å². The fraction of sp³-hybridized carbons (Fsp3) is 0.348. The zero-order chi connectivity index (χ0) is 43.0. The molecule has 13 nitrogen and oxygen atoms in total. The van der Waals surface area contributed by atoms with Gasteiger partial charge >= 0.3 is 5.69 Å². The van der Waals surface area contributed by atoms with Crippen LogP contribution < -0.4 is 26.0 Å². The zero-order valence-electron chi connectivity index (χ0n) is 34.7. The van der Waals surface area contributed by atoms with E-state index in [0.717, 1.165) is 16.7 Å². The van der Waals surface area contributed by atoms with Gasteiger partial charge in [0.1, 0.15) is 28.9 Å². The van der Waals surface area contributed by atoms with E-state index in [2.05, 4.69) is 16.4 Å². The van der Waals surface area contributed by atoms with Crippen LogP contribution in [-0.2, 0) is 19.6 Å². The van der Waals surface area contributed by atoms with E-state index in [1.165, 1.54) is 10.8 Å². The number of anilines is 1. The largest absolute Gasteiger partial charge is 0.497 e. The Bertz CT molecular complexity index is 2370. The molecule has 0 aliphatic carbocycles. The van der Waals surface area contributed by atoms with E-state index in [1.807, 2.05) is 111 Å². The van der Waals surface area contributed by atoms with Crippen LogP contribution in [0.4, 0.5) is 5.69 Å². The lowest BCUT2D eigenvalue weighted by atomic mass is 9.80. The first kappa shape index (κ1) is 43.8. The number of aromatic nitrogens is 2. The number of amides is 1. The highest BCUT2D eigenvalue weighted by Crippen LogP contribution is 2.61. The lowest BCUT2D eigenvalue weighted by Crippen LogP contribution is -2.46. The summed E-state index contributed by atoms with van der Waals surface area (Å²) in [4.78, 5) is 42.5. The van der Waals surface area contributed by atoms with Crippen LogP contribution >= 0.6 is 7.29 Å². The Morgan fingerprint density at radius 2 is 1.42 bits per heavy atom. The van der Waals surface area contributed by atoms with E-state index in [0.29, 0.717) is 17.2 Å². The molecule has 0 unspecified atom stereocenters. The summed E-state index contributed by atoms with van der Waals surface area (Å²) >= 11 is 0. The first-order valence-electron chi connectivity index (χ1n) is 20.0. The minimum atomic E-state index is -3.24. The molecule has 0 saturated carbocycles. The summed E-state index contributed by atoms with van der Waals surface area (Å²) in [5.74, 6) is 0.607. The standard InChI is InChI=1S/C46H52N5O8P/c1-31(2)60(55,32(3)4)51(27-13-26-47)40-28-42(50-29-39(44(53)49-45(50)54)43(52)48-36-16-11-8-12-17-36)59-41(40)30-58-46(33-14-9-7-10-15-33,34-18-22-37(56-5)23-19-34)35-20-24-38(57-6)25-21-35/h7-12,14-25,29,31-32,40-42H,13,27-28,30H2,1-6H3,(H,48,52)(H,49,53,54)/t40-,41-,42+/m0/s1. The Balaban J connectivity index is 1.49. The van der Waals surface area contributed by atoms with Gasteiger partial charge in [-0.1, -0.05) is 100 Å². The van der Waals surface area contributed by atoms with Crippen LogP contribution in [0.5, 0.6) is 11.5 Å². The van der Waals surface area contributed by atoms with Gasteiger partial charge in [-0.15, -0.1) is 0 Å². The number of ether oxygens (including phenoxy) is 4. The second kappa shape index (κ2) is 19.1. The maximum absolute atomic E-state index is 15.3. The van der Waals surface area contributed by atoms with Crippen LogP contribution in [0.15, 0.2) is 125 Å². The van der Waals surface area contributed by atoms with Crippen molar-refractivity contribution in [3.63, 3.8) is 0 Å². The van der Waals surface area contributed by atoms with Crippen molar-refractivity contribution in [1.82, 2.24) is 14.2 Å². The van der Waals surface area contributed by atoms with Gasteiger partial charge in [0.25, 0.3) is 11.5 Å². The molecule has 0 spiro atoms. The predicted molar refractivity (Wildman–Crippen MR) is 231 cm³/mol. The molecular weight excluding hydrogens is 782 g/mol. The third-order valence-corrected chi connectivity index (χ3v) is 15.4. The summed E-state index contributed by atoms with van der Waals surface area (Å²) in [6, 6.07) is 35.2. The number of para-hydroxylation sites is 1. The summed E-state index contributed by atoms with van der Waals surface area (Å²) < 4.78 is 43.6. The van der Waals surface area contributed by atoms with Crippen molar-refractivity contribution in [2.24, 2.45) is 0 Å². The number of carbonyl (C=O) groups is 1. The number of hydrogen-bond acceptors (Lipinski definition) is 9. The molecule has 0 bridgehead atoms. The Hall–Kier alpha value is -5.77. The highest BCUT2D eigenvalue weighted by molar-refractivity contribution is 7.62. The summed E-state index contributed by atoms with van der Waals surface area (Å²) in [5, 5.41) is 12.6. The smallest absolute Gasteiger partial charge is 0.330 e. The van der Waals surface area contributed by atoms with Gasteiger partial charge in [0.15, 0.2) is 7.29 Å². The summed E-state index contributed by atoms with van der Waals surface area (Å²) in [5.41, 5.74) is -0.893. The molecule has 1 aliphatic rings. The van der Waals surface area contributed by atoms with E-state index in [-0.39, 0.29) is 42.9 Å². The molecule has 2 N–H and O–H groups in total. The molecule has 3 atom stereocenters. The van der Waals surface area contributed by atoms with Crippen LogP contribution in [-0.4, -0.2) is 71.0 Å². The number of carbonyl (C=O) groups excluding carboxylic acids is 1. The Morgan fingerprint density at radius 1 is 0.883 bits per heavy atom. The Morgan fingerprint density at radius 3 is 1.93 bits per heavy atom. The summed E-state index contributed by atoms with van der Waals surface area (Å²) in [6.07, 6.45) is -0.442. The molecule has 0 radical (unpaired) electrons. The number of nitrogens with one attached hydrogen (secondary N) is 2. The highest BCUT2D eigenvalue weighted by Gasteiger charge is 2.49. The lowest BCUT2D eigenvalue weighted by molar-refractivity contribution is -0.0850. The van der Waals surface area contributed by atoms with Gasteiger partial charge in [0.05, 0.1) is 33.0 Å². The molecule has 1 aromatic heterocycles. The number of rotatable bonds is 17. The summed E-state index contributed by atoms with van der Waals surface area (Å²) in [7, 11) is -0.0346. The third-order valence-electron chi connectivity index (χ3n) is 11.1. The molecular formula is C46H52N5O8P. The highest BCUT2D eigenvalue weighted by atomic mass is 31.2. The minimum absolute atomic E-state index is 0.0766. The normalized spacial score (nSPS) is 16.8. The van der Waals surface area contributed by atoms with Crippen molar-refractivity contribution in [3.8, 4) is 17.6 Å². The number of H-pyrrole nitrogens is 1. The first-order valence-corrected chi connectivity index (χ1v) is 21.8. The maximum atomic E-state index is 15.3. The molecule has 1 saturated heterocycles. The van der Waals surface area contributed by atoms with Crippen LogP contribution in [0.3, 0.4) is 0 Å². The molecule has 2 heterocycles. The SMILES string of the molecule is COc1ccc(C(OC[C@@H]2O[C@@H](n3cc(C(=O)Nc4ccccc4)c(=O)[nH]c3=O)C[C@@H]2N(CCC#N)P(=O)(C(C)C)C(C)C)(c2ccccc2)c2ccc(OC)cc2)cc1. The molecule has 1 fully saturated rings. The van der Waals surface area contributed by atoms with Crippen molar-refractivity contribution in [1.29, 1.82) is 5.26 Å².